The molecule has 138 valence electrons. The van der Waals surface area contributed by atoms with E-state index in [4.69, 9.17) is 4.74 Å². The number of amides is 2. The minimum atomic E-state index is -4.62. The summed E-state index contributed by atoms with van der Waals surface area (Å²) in [6.07, 6.45) is -4.16. The first-order valence-corrected chi connectivity index (χ1v) is 7.44. The number of ether oxygens (including phenoxy) is 1. The summed E-state index contributed by atoms with van der Waals surface area (Å²) in [5.41, 5.74) is -1.61. The van der Waals surface area contributed by atoms with E-state index in [0.29, 0.717) is 0 Å². The molecule has 3 rings (SSSR count). The van der Waals surface area contributed by atoms with Gasteiger partial charge in [0.25, 0.3) is 0 Å². The van der Waals surface area contributed by atoms with Crippen LogP contribution in [0.1, 0.15) is 5.56 Å². The number of halogens is 5. The van der Waals surface area contributed by atoms with Crippen molar-refractivity contribution in [3.05, 3.63) is 53.7 Å². The number of nitrogens with one attached hydrogen (secondary N) is 1. The van der Waals surface area contributed by atoms with Crippen LogP contribution in [-0.2, 0) is 6.18 Å². The number of rotatable bonds is 3. The molecule has 1 aromatic carbocycles. The van der Waals surface area contributed by atoms with Crippen LogP contribution in [0.5, 0.6) is 5.88 Å². The van der Waals surface area contributed by atoms with Crippen molar-refractivity contribution < 1.29 is 31.5 Å². The lowest BCUT2D eigenvalue weighted by molar-refractivity contribution is -0.140. The van der Waals surface area contributed by atoms with E-state index in [-0.39, 0.29) is 13.1 Å². The Morgan fingerprint density at radius 1 is 1.15 bits per heavy atom. The quantitative estimate of drug-likeness (QED) is 0.836. The van der Waals surface area contributed by atoms with Crippen LogP contribution in [0.2, 0.25) is 0 Å². The molecule has 1 fully saturated rings. The maximum Gasteiger partial charge on any atom is 0.421 e. The Labute approximate surface area is 144 Å². The Morgan fingerprint density at radius 2 is 1.81 bits per heavy atom. The highest BCUT2D eigenvalue weighted by Crippen LogP contribution is 2.35. The van der Waals surface area contributed by atoms with Crippen LogP contribution in [0.25, 0.3) is 0 Å². The number of carbonyl (C=O) groups is 1. The molecule has 1 aliphatic heterocycles. The summed E-state index contributed by atoms with van der Waals surface area (Å²) in [5.74, 6) is -2.45. The summed E-state index contributed by atoms with van der Waals surface area (Å²) >= 11 is 0. The fraction of sp³-hybridized carbons (Fsp3) is 0.250. The van der Waals surface area contributed by atoms with Crippen molar-refractivity contribution >= 4 is 11.7 Å². The number of benzene rings is 1. The molecule has 0 unspecified atom stereocenters. The van der Waals surface area contributed by atoms with E-state index in [1.807, 2.05) is 0 Å². The van der Waals surface area contributed by atoms with Gasteiger partial charge in [0.05, 0.1) is 13.1 Å². The lowest BCUT2D eigenvalue weighted by atomic mass is 10.2. The van der Waals surface area contributed by atoms with Crippen molar-refractivity contribution in [2.75, 3.05) is 18.4 Å². The van der Waals surface area contributed by atoms with Crippen molar-refractivity contribution in [2.24, 2.45) is 0 Å². The second-order valence-corrected chi connectivity index (χ2v) is 5.53. The van der Waals surface area contributed by atoms with Crippen LogP contribution in [0.4, 0.5) is 32.4 Å². The summed E-state index contributed by atoms with van der Waals surface area (Å²) in [4.78, 5) is 16.7. The number of anilines is 1. The number of pyridine rings is 1. The third-order valence-corrected chi connectivity index (χ3v) is 3.68. The molecule has 0 radical (unpaired) electrons. The van der Waals surface area contributed by atoms with Gasteiger partial charge in [-0.15, -0.1) is 0 Å². The van der Waals surface area contributed by atoms with E-state index in [1.54, 1.807) is 0 Å². The minimum absolute atomic E-state index is 0.0459. The summed E-state index contributed by atoms with van der Waals surface area (Å²) < 4.78 is 70.8. The molecule has 0 aliphatic carbocycles. The molecule has 10 heteroatoms. The van der Waals surface area contributed by atoms with Crippen molar-refractivity contribution in [2.45, 2.75) is 12.3 Å². The maximum atomic E-state index is 13.5. The van der Waals surface area contributed by atoms with E-state index in [0.717, 1.165) is 41.4 Å². The van der Waals surface area contributed by atoms with Gasteiger partial charge in [0, 0.05) is 6.20 Å². The number of carbonyl (C=O) groups excluding carboxylic acids is 1. The summed E-state index contributed by atoms with van der Waals surface area (Å²) in [7, 11) is 0. The number of alkyl halides is 3. The Bertz CT molecular complexity index is 802. The molecule has 5 nitrogen and oxygen atoms in total. The molecule has 0 spiro atoms. The molecule has 0 atom stereocenters. The van der Waals surface area contributed by atoms with Gasteiger partial charge in [-0.3, -0.25) is 0 Å². The second kappa shape index (κ2) is 6.77. The predicted octanol–water partition coefficient (Wildman–Crippen LogP) is 3.67. The molecule has 1 N–H and O–H groups in total. The zero-order valence-electron chi connectivity index (χ0n) is 13.1. The van der Waals surface area contributed by atoms with Crippen LogP contribution in [0, 0.1) is 11.6 Å². The predicted molar refractivity (Wildman–Crippen MR) is 80.6 cm³/mol. The molecule has 2 amide bonds. The monoisotopic (exact) mass is 373 g/mol. The van der Waals surface area contributed by atoms with Crippen LogP contribution in [-0.4, -0.2) is 35.1 Å². The van der Waals surface area contributed by atoms with Gasteiger partial charge in [-0.25, -0.2) is 18.6 Å². The molecule has 26 heavy (non-hydrogen) atoms. The number of hydrogen-bond donors (Lipinski definition) is 1. The number of likely N-dealkylation sites (tertiary alicyclic amines) is 1. The SMILES string of the molecule is O=C(Nc1c(F)cccc1F)N1CC(Oc2ncccc2C(F)(F)F)C1. The average Bonchev–Trinajstić information content (AvgIpc) is 2.53. The van der Waals surface area contributed by atoms with Crippen LogP contribution in [0.3, 0.4) is 0 Å². The van der Waals surface area contributed by atoms with E-state index < -0.39 is 47.1 Å². The highest BCUT2D eigenvalue weighted by molar-refractivity contribution is 5.90. The van der Waals surface area contributed by atoms with E-state index in [1.165, 1.54) is 0 Å². The molecule has 2 aromatic rings. The van der Waals surface area contributed by atoms with E-state index in [9.17, 15) is 26.7 Å². The normalized spacial score (nSPS) is 14.7. The number of urea groups is 1. The molecule has 0 bridgehead atoms. The number of para-hydroxylation sites is 1. The van der Waals surface area contributed by atoms with Gasteiger partial charge >= 0.3 is 12.2 Å². The summed E-state index contributed by atoms with van der Waals surface area (Å²) in [6.45, 7) is -0.0917. The summed E-state index contributed by atoms with van der Waals surface area (Å²) in [6, 6.07) is 4.32. The first-order chi connectivity index (χ1) is 12.3. The summed E-state index contributed by atoms with van der Waals surface area (Å²) in [5, 5.41) is 2.09. The van der Waals surface area contributed by atoms with E-state index in [2.05, 4.69) is 10.3 Å². The van der Waals surface area contributed by atoms with Gasteiger partial charge in [0.15, 0.2) is 0 Å². The first-order valence-electron chi connectivity index (χ1n) is 7.44. The van der Waals surface area contributed by atoms with Crippen LogP contribution in [0.15, 0.2) is 36.5 Å². The van der Waals surface area contributed by atoms with E-state index >= 15 is 0 Å². The van der Waals surface area contributed by atoms with Gasteiger partial charge in [0.1, 0.15) is 29.0 Å². The molecule has 1 aliphatic rings. The zero-order valence-corrected chi connectivity index (χ0v) is 13.1. The lowest BCUT2D eigenvalue weighted by Gasteiger charge is -2.38. The highest BCUT2D eigenvalue weighted by atomic mass is 19.4. The molecule has 1 aromatic heterocycles. The Kier molecular flexibility index (Phi) is 4.66. The topological polar surface area (TPSA) is 54.5 Å². The third kappa shape index (κ3) is 3.68. The smallest absolute Gasteiger partial charge is 0.421 e. The minimum Gasteiger partial charge on any atom is -0.470 e. The number of nitrogens with zero attached hydrogens (tertiary/aromatic N) is 2. The maximum absolute atomic E-state index is 13.5. The van der Waals surface area contributed by atoms with Gasteiger partial charge in [-0.1, -0.05) is 6.07 Å². The van der Waals surface area contributed by atoms with Crippen molar-refractivity contribution in [3.63, 3.8) is 0 Å². The highest BCUT2D eigenvalue weighted by Gasteiger charge is 2.38. The number of hydrogen-bond acceptors (Lipinski definition) is 3. The molecular weight excluding hydrogens is 361 g/mol. The lowest BCUT2D eigenvalue weighted by Crippen LogP contribution is -2.57. The first kappa shape index (κ1) is 17.9. The van der Waals surface area contributed by atoms with Gasteiger partial charge in [-0.05, 0) is 24.3 Å². The van der Waals surface area contributed by atoms with Crippen LogP contribution >= 0.6 is 0 Å². The molecule has 2 heterocycles. The fourth-order valence-electron chi connectivity index (χ4n) is 2.34. The Hall–Kier alpha value is -2.91. The molecular formula is C16H12F5N3O2. The molecule has 0 saturated carbocycles. The average molecular weight is 373 g/mol. The third-order valence-electron chi connectivity index (χ3n) is 3.68. The van der Waals surface area contributed by atoms with Gasteiger partial charge in [-0.2, -0.15) is 13.2 Å². The van der Waals surface area contributed by atoms with Crippen LogP contribution < -0.4 is 10.1 Å². The Morgan fingerprint density at radius 3 is 2.42 bits per heavy atom. The fourth-order valence-corrected chi connectivity index (χ4v) is 2.34. The van der Waals surface area contributed by atoms with Crippen molar-refractivity contribution in [3.8, 4) is 5.88 Å². The molecule has 1 saturated heterocycles. The largest absolute Gasteiger partial charge is 0.470 e. The standard InChI is InChI=1S/C16H12F5N3O2/c17-11-4-1-5-12(18)13(11)23-15(25)24-7-9(8-24)26-14-10(16(19,20)21)3-2-6-22-14/h1-6,9H,7-8H2,(H,23,25). The van der Waals surface area contributed by atoms with Crippen molar-refractivity contribution in [1.29, 1.82) is 0 Å². The second-order valence-electron chi connectivity index (χ2n) is 5.53. The van der Waals surface area contributed by atoms with Crippen molar-refractivity contribution in [1.82, 2.24) is 9.88 Å². The van der Waals surface area contributed by atoms with Gasteiger partial charge < -0.3 is 15.0 Å². The Balaban J connectivity index is 1.59. The zero-order chi connectivity index (χ0) is 18.9. The number of aromatic nitrogens is 1. The van der Waals surface area contributed by atoms with Gasteiger partial charge in [0.2, 0.25) is 5.88 Å².